The van der Waals surface area contributed by atoms with Crippen LogP contribution in [0.25, 0.3) is 5.69 Å². The van der Waals surface area contributed by atoms with E-state index in [-0.39, 0.29) is 5.82 Å². The van der Waals surface area contributed by atoms with Crippen molar-refractivity contribution in [1.82, 2.24) is 15.0 Å². The van der Waals surface area contributed by atoms with Gasteiger partial charge in [0.15, 0.2) is 0 Å². The van der Waals surface area contributed by atoms with Gasteiger partial charge in [-0.05, 0) is 30.7 Å². The molecule has 0 fully saturated rings. The molecule has 0 saturated carbocycles. The van der Waals surface area contributed by atoms with Crippen molar-refractivity contribution in [1.29, 1.82) is 0 Å². The summed E-state index contributed by atoms with van der Waals surface area (Å²) in [6, 6.07) is 4.88. The summed E-state index contributed by atoms with van der Waals surface area (Å²) in [5.41, 5.74) is 2.35. The first kappa shape index (κ1) is 11.3. The Hall–Kier alpha value is -1.23. The van der Waals surface area contributed by atoms with Gasteiger partial charge in [-0.25, -0.2) is 9.07 Å². The minimum absolute atomic E-state index is 0.204. The highest BCUT2D eigenvalue weighted by molar-refractivity contribution is 9.09. The second-order valence-corrected chi connectivity index (χ2v) is 4.32. The van der Waals surface area contributed by atoms with Gasteiger partial charge >= 0.3 is 0 Å². The third kappa shape index (κ3) is 2.29. The quantitative estimate of drug-likeness (QED) is 0.811. The van der Waals surface area contributed by atoms with Crippen molar-refractivity contribution < 1.29 is 4.39 Å². The molecule has 0 amide bonds. The van der Waals surface area contributed by atoms with Crippen LogP contribution in [0.1, 0.15) is 11.3 Å². The molecule has 0 saturated heterocycles. The summed E-state index contributed by atoms with van der Waals surface area (Å²) < 4.78 is 14.7. The zero-order valence-electron chi connectivity index (χ0n) is 8.82. The fraction of sp³-hybridized carbons (Fsp3) is 0.273. The monoisotopic (exact) mass is 283 g/mol. The first-order valence-corrected chi connectivity index (χ1v) is 6.06. The van der Waals surface area contributed by atoms with Gasteiger partial charge in [0, 0.05) is 11.8 Å². The lowest BCUT2D eigenvalue weighted by Crippen LogP contribution is -1.96. The van der Waals surface area contributed by atoms with Crippen LogP contribution in [0.2, 0.25) is 0 Å². The van der Waals surface area contributed by atoms with Gasteiger partial charge in [-0.15, -0.1) is 5.10 Å². The molecule has 2 rings (SSSR count). The maximum Gasteiger partial charge on any atom is 0.126 e. The van der Waals surface area contributed by atoms with Crippen molar-refractivity contribution >= 4 is 15.9 Å². The molecular formula is C11H11BrFN3. The molecule has 0 bridgehead atoms. The van der Waals surface area contributed by atoms with Gasteiger partial charge in [0.25, 0.3) is 0 Å². The summed E-state index contributed by atoms with van der Waals surface area (Å²) in [6.07, 6.45) is 2.69. The molecule has 0 aliphatic rings. The lowest BCUT2D eigenvalue weighted by Gasteiger charge is -2.01. The molecule has 1 heterocycles. The zero-order valence-corrected chi connectivity index (χ0v) is 10.4. The fourth-order valence-corrected chi connectivity index (χ4v) is 1.81. The number of hydrogen-bond donors (Lipinski definition) is 0. The van der Waals surface area contributed by atoms with E-state index in [1.807, 2.05) is 6.20 Å². The van der Waals surface area contributed by atoms with E-state index in [9.17, 15) is 4.39 Å². The largest absolute Gasteiger partial charge is 0.220 e. The van der Waals surface area contributed by atoms with Gasteiger partial charge in [-0.3, -0.25) is 0 Å². The van der Waals surface area contributed by atoms with Crippen LogP contribution in [-0.4, -0.2) is 20.3 Å². The maximum absolute atomic E-state index is 13.1. The SMILES string of the molecule is Cc1cc(-n2cc(CCBr)nn2)ccc1F. The Bertz CT molecular complexity index is 496. The van der Waals surface area contributed by atoms with E-state index in [2.05, 4.69) is 26.2 Å². The van der Waals surface area contributed by atoms with Crippen LogP contribution in [0.4, 0.5) is 4.39 Å². The summed E-state index contributed by atoms with van der Waals surface area (Å²) in [6.45, 7) is 1.73. The molecule has 3 nitrogen and oxygen atoms in total. The van der Waals surface area contributed by atoms with E-state index >= 15 is 0 Å². The van der Waals surface area contributed by atoms with E-state index in [1.165, 1.54) is 6.07 Å². The molecular weight excluding hydrogens is 273 g/mol. The summed E-state index contributed by atoms with van der Waals surface area (Å²) in [4.78, 5) is 0. The van der Waals surface area contributed by atoms with Crippen LogP contribution in [0.15, 0.2) is 24.4 Å². The Balaban J connectivity index is 2.31. The number of hydrogen-bond acceptors (Lipinski definition) is 2. The topological polar surface area (TPSA) is 30.7 Å². The molecule has 0 radical (unpaired) electrons. The summed E-state index contributed by atoms with van der Waals surface area (Å²) in [5, 5.41) is 8.88. The number of halogens is 2. The molecule has 0 aliphatic carbocycles. The highest BCUT2D eigenvalue weighted by Crippen LogP contribution is 2.13. The first-order chi connectivity index (χ1) is 7.70. The van der Waals surface area contributed by atoms with Crippen molar-refractivity contribution in [3.05, 3.63) is 41.5 Å². The van der Waals surface area contributed by atoms with Crippen molar-refractivity contribution in [3.8, 4) is 5.69 Å². The normalized spacial score (nSPS) is 10.7. The minimum atomic E-state index is -0.204. The van der Waals surface area contributed by atoms with Gasteiger partial charge in [-0.2, -0.15) is 0 Å². The van der Waals surface area contributed by atoms with Crippen molar-refractivity contribution in [2.75, 3.05) is 5.33 Å². The molecule has 16 heavy (non-hydrogen) atoms. The average Bonchev–Trinajstić information content (AvgIpc) is 2.71. The van der Waals surface area contributed by atoms with Crippen molar-refractivity contribution in [2.24, 2.45) is 0 Å². The second-order valence-electron chi connectivity index (χ2n) is 3.53. The molecule has 5 heteroatoms. The Labute approximate surface area is 101 Å². The van der Waals surface area contributed by atoms with E-state index in [4.69, 9.17) is 0 Å². The highest BCUT2D eigenvalue weighted by atomic mass is 79.9. The molecule has 2 aromatic rings. The number of rotatable bonds is 3. The Morgan fingerprint density at radius 3 is 2.94 bits per heavy atom. The minimum Gasteiger partial charge on any atom is -0.220 e. The Morgan fingerprint density at radius 1 is 1.44 bits per heavy atom. The molecule has 0 N–H and O–H groups in total. The molecule has 0 unspecified atom stereocenters. The van der Waals surface area contributed by atoms with Crippen LogP contribution < -0.4 is 0 Å². The summed E-state index contributed by atoms with van der Waals surface area (Å²) in [7, 11) is 0. The van der Waals surface area contributed by atoms with Crippen molar-refractivity contribution in [3.63, 3.8) is 0 Å². The number of benzene rings is 1. The molecule has 0 atom stereocenters. The van der Waals surface area contributed by atoms with Crippen molar-refractivity contribution in [2.45, 2.75) is 13.3 Å². The van der Waals surface area contributed by atoms with Gasteiger partial charge in [-0.1, -0.05) is 21.1 Å². The van der Waals surface area contributed by atoms with Crippen LogP contribution >= 0.6 is 15.9 Å². The lowest BCUT2D eigenvalue weighted by molar-refractivity contribution is 0.617. The third-order valence-electron chi connectivity index (χ3n) is 2.30. The molecule has 1 aromatic carbocycles. The average molecular weight is 284 g/mol. The van der Waals surface area contributed by atoms with Crippen LogP contribution in [0, 0.1) is 12.7 Å². The standard InChI is InChI=1S/C11H11BrFN3/c1-8-6-10(2-3-11(8)13)16-7-9(4-5-12)14-15-16/h2-3,6-7H,4-5H2,1H3. The Kier molecular flexibility index (Phi) is 3.33. The first-order valence-electron chi connectivity index (χ1n) is 4.94. The molecule has 84 valence electrons. The predicted octanol–water partition coefficient (Wildman–Crippen LogP) is 2.65. The van der Waals surface area contributed by atoms with E-state index in [0.29, 0.717) is 5.56 Å². The van der Waals surface area contributed by atoms with Crippen LogP contribution in [0.5, 0.6) is 0 Å². The van der Waals surface area contributed by atoms with Crippen LogP contribution in [0.3, 0.4) is 0 Å². The van der Waals surface area contributed by atoms with Gasteiger partial charge < -0.3 is 0 Å². The van der Waals surface area contributed by atoms with E-state index < -0.39 is 0 Å². The Morgan fingerprint density at radius 2 is 2.25 bits per heavy atom. The number of alkyl halides is 1. The lowest BCUT2D eigenvalue weighted by atomic mass is 10.2. The smallest absolute Gasteiger partial charge is 0.126 e. The van der Waals surface area contributed by atoms with E-state index in [1.54, 1.807) is 23.7 Å². The fourth-order valence-electron chi connectivity index (χ4n) is 1.41. The number of aromatic nitrogens is 3. The van der Waals surface area contributed by atoms with Gasteiger partial charge in [0.05, 0.1) is 17.6 Å². The number of nitrogens with zero attached hydrogens (tertiary/aromatic N) is 3. The van der Waals surface area contributed by atoms with Crippen LogP contribution in [-0.2, 0) is 6.42 Å². The molecule has 0 aliphatic heterocycles. The summed E-state index contributed by atoms with van der Waals surface area (Å²) >= 11 is 3.35. The summed E-state index contributed by atoms with van der Waals surface area (Å²) in [5.74, 6) is -0.204. The predicted molar refractivity (Wildman–Crippen MR) is 63.6 cm³/mol. The maximum atomic E-state index is 13.1. The number of aryl methyl sites for hydroxylation is 2. The third-order valence-corrected chi connectivity index (χ3v) is 2.69. The zero-order chi connectivity index (χ0) is 11.5. The van der Waals surface area contributed by atoms with Gasteiger partial charge in [0.1, 0.15) is 5.82 Å². The molecule has 0 spiro atoms. The highest BCUT2D eigenvalue weighted by Gasteiger charge is 2.04. The second kappa shape index (κ2) is 4.74. The van der Waals surface area contributed by atoms with Gasteiger partial charge in [0.2, 0.25) is 0 Å². The van der Waals surface area contributed by atoms with E-state index in [0.717, 1.165) is 23.1 Å². The molecule has 1 aromatic heterocycles.